The van der Waals surface area contributed by atoms with Gasteiger partial charge in [-0.1, -0.05) is 25.0 Å². The molecule has 1 aliphatic carbocycles. The summed E-state index contributed by atoms with van der Waals surface area (Å²) < 4.78 is 10.4. The third-order valence-electron chi connectivity index (χ3n) is 5.13. The predicted molar refractivity (Wildman–Crippen MR) is 99.5 cm³/mol. The number of amides is 1. The fourth-order valence-electron chi connectivity index (χ4n) is 3.63. The van der Waals surface area contributed by atoms with Crippen molar-refractivity contribution >= 4 is 11.6 Å². The number of nitrogens with zero attached hydrogens (tertiary/aromatic N) is 1. The van der Waals surface area contributed by atoms with E-state index in [2.05, 4.69) is 11.4 Å². The number of nitriles is 1. The largest absolute Gasteiger partial charge is 0.497 e. The number of carbonyl (C=O) groups is 1. The maximum atomic E-state index is 13.2. The van der Waals surface area contributed by atoms with E-state index < -0.39 is 5.41 Å². The van der Waals surface area contributed by atoms with Crippen LogP contribution in [0.2, 0.25) is 0 Å². The fourth-order valence-corrected chi connectivity index (χ4v) is 3.63. The van der Waals surface area contributed by atoms with Crippen molar-refractivity contribution < 1.29 is 14.3 Å². The molecule has 0 radical (unpaired) electrons. The Morgan fingerprint density at radius 3 is 2.23 bits per heavy atom. The average molecular weight is 350 g/mol. The summed E-state index contributed by atoms with van der Waals surface area (Å²) in [7, 11) is 3.17. The highest BCUT2D eigenvalue weighted by Gasteiger charge is 2.42. The van der Waals surface area contributed by atoms with Gasteiger partial charge in [-0.15, -0.1) is 0 Å². The molecule has 134 valence electrons. The minimum atomic E-state index is -0.571. The minimum Gasteiger partial charge on any atom is -0.497 e. The maximum Gasteiger partial charge on any atom is 0.235 e. The van der Waals surface area contributed by atoms with Crippen molar-refractivity contribution in [1.82, 2.24) is 0 Å². The molecule has 0 aliphatic heterocycles. The Kier molecular flexibility index (Phi) is 5.13. The number of rotatable bonds is 5. The topological polar surface area (TPSA) is 71.3 Å². The van der Waals surface area contributed by atoms with Crippen LogP contribution in [0.15, 0.2) is 42.5 Å². The Hall–Kier alpha value is -3.00. The molecule has 0 heterocycles. The van der Waals surface area contributed by atoms with Crippen molar-refractivity contribution in [3.63, 3.8) is 0 Å². The molecule has 2 aromatic rings. The molecule has 3 rings (SSSR count). The van der Waals surface area contributed by atoms with Crippen molar-refractivity contribution in [3.05, 3.63) is 53.6 Å². The van der Waals surface area contributed by atoms with E-state index >= 15 is 0 Å². The van der Waals surface area contributed by atoms with Crippen LogP contribution >= 0.6 is 0 Å². The van der Waals surface area contributed by atoms with Crippen molar-refractivity contribution in [2.75, 3.05) is 19.5 Å². The summed E-state index contributed by atoms with van der Waals surface area (Å²) in [6.07, 6.45) is 3.60. The first-order valence-corrected chi connectivity index (χ1v) is 8.67. The van der Waals surface area contributed by atoms with Gasteiger partial charge in [-0.3, -0.25) is 4.79 Å². The summed E-state index contributed by atoms with van der Waals surface area (Å²) in [6, 6.07) is 14.9. The van der Waals surface area contributed by atoms with Crippen LogP contribution < -0.4 is 14.8 Å². The lowest BCUT2D eigenvalue weighted by molar-refractivity contribution is -0.121. The Bertz CT molecular complexity index is 831. The van der Waals surface area contributed by atoms with Gasteiger partial charge in [0.15, 0.2) is 0 Å². The summed E-state index contributed by atoms with van der Waals surface area (Å²) in [5.74, 6) is 1.29. The third kappa shape index (κ3) is 3.23. The van der Waals surface area contributed by atoms with E-state index in [1.807, 2.05) is 24.3 Å². The van der Waals surface area contributed by atoms with Gasteiger partial charge < -0.3 is 14.8 Å². The van der Waals surface area contributed by atoms with Crippen LogP contribution in [0.3, 0.4) is 0 Å². The molecule has 5 nitrogen and oxygen atoms in total. The second-order valence-corrected chi connectivity index (χ2v) is 6.50. The van der Waals surface area contributed by atoms with E-state index in [0.29, 0.717) is 17.0 Å². The second-order valence-electron chi connectivity index (χ2n) is 6.50. The summed E-state index contributed by atoms with van der Waals surface area (Å²) in [4.78, 5) is 13.2. The van der Waals surface area contributed by atoms with E-state index in [9.17, 15) is 10.1 Å². The van der Waals surface area contributed by atoms with Crippen molar-refractivity contribution in [3.8, 4) is 17.6 Å². The Labute approximate surface area is 153 Å². The highest BCUT2D eigenvalue weighted by atomic mass is 16.5. The zero-order chi connectivity index (χ0) is 18.6. The summed E-state index contributed by atoms with van der Waals surface area (Å²) >= 11 is 0. The lowest BCUT2D eigenvalue weighted by atomic mass is 9.78. The maximum absolute atomic E-state index is 13.2. The first-order valence-electron chi connectivity index (χ1n) is 8.67. The number of nitrogens with one attached hydrogen (secondary N) is 1. The smallest absolute Gasteiger partial charge is 0.235 e. The number of anilines is 1. The highest BCUT2D eigenvalue weighted by molar-refractivity contribution is 6.00. The van der Waals surface area contributed by atoms with Crippen LogP contribution in [-0.2, 0) is 10.2 Å². The molecule has 0 bridgehead atoms. The second kappa shape index (κ2) is 7.49. The molecule has 0 unspecified atom stereocenters. The van der Waals surface area contributed by atoms with Crippen LogP contribution in [0.25, 0.3) is 0 Å². The molecule has 1 saturated carbocycles. The zero-order valence-corrected chi connectivity index (χ0v) is 15.0. The molecule has 0 saturated heterocycles. The van der Waals surface area contributed by atoms with Gasteiger partial charge in [0.2, 0.25) is 5.91 Å². The zero-order valence-electron chi connectivity index (χ0n) is 15.0. The highest BCUT2D eigenvalue weighted by Crippen LogP contribution is 2.42. The molecule has 26 heavy (non-hydrogen) atoms. The van der Waals surface area contributed by atoms with Crippen molar-refractivity contribution in [2.45, 2.75) is 31.1 Å². The molecular weight excluding hydrogens is 328 g/mol. The van der Waals surface area contributed by atoms with Crippen LogP contribution in [0, 0.1) is 11.3 Å². The third-order valence-corrected chi connectivity index (χ3v) is 5.13. The Morgan fingerprint density at radius 1 is 1.04 bits per heavy atom. The summed E-state index contributed by atoms with van der Waals surface area (Å²) in [6.45, 7) is 0. The normalized spacial score (nSPS) is 15.1. The molecule has 5 heteroatoms. The van der Waals surface area contributed by atoms with Crippen molar-refractivity contribution in [2.24, 2.45) is 0 Å². The number of methoxy groups -OCH3 is 2. The molecule has 2 aromatic carbocycles. The predicted octanol–water partition coefficient (Wildman–Crippen LogP) is 4.03. The van der Waals surface area contributed by atoms with Gasteiger partial charge in [-0.25, -0.2) is 0 Å². The molecule has 1 amide bonds. The SMILES string of the molecule is COc1ccc(C2(C(=O)Nc3ccc(OC)cc3C#N)CCCC2)cc1. The molecule has 0 spiro atoms. The molecule has 1 N–H and O–H groups in total. The first kappa shape index (κ1) is 17.8. The number of ether oxygens (including phenoxy) is 2. The fraction of sp³-hybridized carbons (Fsp3) is 0.333. The van der Waals surface area contributed by atoms with Gasteiger partial charge in [0.05, 0.1) is 30.9 Å². The number of hydrogen-bond acceptors (Lipinski definition) is 4. The number of benzene rings is 2. The average Bonchev–Trinajstić information content (AvgIpc) is 3.19. The Morgan fingerprint density at radius 2 is 1.65 bits per heavy atom. The van der Waals surface area contributed by atoms with E-state index in [1.54, 1.807) is 32.4 Å². The van der Waals surface area contributed by atoms with Gasteiger partial charge in [0, 0.05) is 0 Å². The summed E-state index contributed by atoms with van der Waals surface area (Å²) in [5, 5.41) is 12.4. The molecule has 1 fully saturated rings. The Balaban J connectivity index is 1.91. The van der Waals surface area contributed by atoms with Gasteiger partial charge in [0.25, 0.3) is 0 Å². The van der Waals surface area contributed by atoms with Gasteiger partial charge >= 0.3 is 0 Å². The molecular formula is C21H22N2O3. The quantitative estimate of drug-likeness (QED) is 0.884. The van der Waals surface area contributed by atoms with Gasteiger partial charge in [-0.2, -0.15) is 5.26 Å². The van der Waals surface area contributed by atoms with E-state index in [0.717, 1.165) is 37.0 Å². The number of carbonyl (C=O) groups excluding carboxylic acids is 1. The lowest BCUT2D eigenvalue weighted by Crippen LogP contribution is -2.38. The van der Waals surface area contributed by atoms with Gasteiger partial charge in [0.1, 0.15) is 17.6 Å². The summed E-state index contributed by atoms with van der Waals surface area (Å²) in [5.41, 5.74) is 1.32. The monoisotopic (exact) mass is 350 g/mol. The van der Waals surface area contributed by atoms with Crippen LogP contribution in [-0.4, -0.2) is 20.1 Å². The minimum absolute atomic E-state index is 0.0677. The molecule has 0 aromatic heterocycles. The van der Waals surface area contributed by atoms with Crippen LogP contribution in [0.4, 0.5) is 5.69 Å². The van der Waals surface area contributed by atoms with Gasteiger partial charge in [-0.05, 0) is 48.7 Å². The number of hydrogen-bond donors (Lipinski definition) is 1. The lowest BCUT2D eigenvalue weighted by Gasteiger charge is -2.28. The first-order chi connectivity index (χ1) is 12.6. The van der Waals surface area contributed by atoms with E-state index in [4.69, 9.17) is 9.47 Å². The van der Waals surface area contributed by atoms with Crippen LogP contribution in [0.1, 0.15) is 36.8 Å². The van der Waals surface area contributed by atoms with E-state index in [-0.39, 0.29) is 5.91 Å². The molecule has 1 aliphatic rings. The van der Waals surface area contributed by atoms with Crippen LogP contribution in [0.5, 0.6) is 11.5 Å². The standard InChI is InChI=1S/C21H22N2O3/c1-25-17-7-5-16(6-8-17)21(11-3-4-12-21)20(24)23-19-10-9-18(26-2)13-15(19)14-22/h5-10,13H,3-4,11-12H2,1-2H3,(H,23,24). The van der Waals surface area contributed by atoms with E-state index in [1.165, 1.54) is 0 Å². The van der Waals surface area contributed by atoms with Crippen molar-refractivity contribution in [1.29, 1.82) is 5.26 Å². The molecule has 0 atom stereocenters.